The number of piperazine rings is 1. The summed E-state index contributed by atoms with van der Waals surface area (Å²) < 4.78 is 1.95. The number of rotatable bonds is 5. The van der Waals surface area contributed by atoms with E-state index < -0.39 is 0 Å². The summed E-state index contributed by atoms with van der Waals surface area (Å²) in [4.78, 5) is 2.30. The van der Waals surface area contributed by atoms with Crippen molar-refractivity contribution in [1.82, 2.24) is 25.0 Å². The smallest absolute Gasteiger partial charge is 0.191 e. The number of aromatic nitrogens is 3. The standard InChI is InChI=1S/C11H21N5OS/c1-9-13-14-11(15(9)2)18-8-10(17)7-16-5-3-12-4-6-16/h10,12,17H,3-8H2,1-2H3. The average Bonchev–Trinajstić information content (AvgIpc) is 2.69. The molecule has 1 aromatic heterocycles. The molecule has 0 saturated carbocycles. The molecule has 0 aliphatic carbocycles. The first kappa shape index (κ1) is 13.8. The second-order valence-electron chi connectivity index (χ2n) is 4.60. The molecule has 1 aromatic rings. The minimum atomic E-state index is -0.315. The van der Waals surface area contributed by atoms with Crippen molar-refractivity contribution in [1.29, 1.82) is 0 Å². The Morgan fingerprint density at radius 2 is 2.11 bits per heavy atom. The number of aliphatic hydroxyl groups is 1. The molecule has 0 amide bonds. The Morgan fingerprint density at radius 3 is 2.72 bits per heavy atom. The zero-order valence-corrected chi connectivity index (χ0v) is 11.8. The summed E-state index contributed by atoms with van der Waals surface area (Å²) >= 11 is 1.56. The van der Waals surface area contributed by atoms with E-state index in [1.807, 2.05) is 18.5 Å². The van der Waals surface area contributed by atoms with Gasteiger partial charge in [-0.3, -0.25) is 4.90 Å². The van der Waals surface area contributed by atoms with E-state index in [0.29, 0.717) is 5.75 Å². The van der Waals surface area contributed by atoms with Crippen LogP contribution in [-0.4, -0.2) is 69.4 Å². The third-order valence-corrected chi connectivity index (χ3v) is 4.30. The van der Waals surface area contributed by atoms with Gasteiger partial charge in [0, 0.05) is 45.5 Å². The maximum Gasteiger partial charge on any atom is 0.191 e. The van der Waals surface area contributed by atoms with Crippen LogP contribution in [0.2, 0.25) is 0 Å². The molecule has 1 atom stereocenters. The van der Waals surface area contributed by atoms with Crippen LogP contribution in [0.1, 0.15) is 5.82 Å². The van der Waals surface area contributed by atoms with Crippen molar-refractivity contribution in [2.75, 3.05) is 38.5 Å². The monoisotopic (exact) mass is 271 g/mol. The molecule has 7 heteroatoms. The van der Waals surface area contributed by atoms with Crippen molar-refractivity contribution < 1.29 is 5.11 Å². The molecule has 1 fully saturated rings. The van der Waals surface area contributed by atoms with E-state index in [1.54, 1.807) is 11.8 Å². The van der Waals surface area contributed by atoms with Crippen LogP contribution in [-0.2, 0) is 7.05 Å². The fraction of sp³-hybridized carbons (Fsp3) is 0.818. The van der Waals surface area contributed by atoms with E-state index in [1.165, 1.54) is 0 Å². The van der Waals surface area contributed by atoms with Gasteiger partial charge in [0.15, 0.2) is 5.16 Å². The number of β-amino-alcohol motifs (C(OH)–C–C–N with tert-alkyl or cyclic N) is 1. The van der Waals surface area contributed by atoms with Gasteiger partial charge in [0.1, 0.15) is 5.82 Å². The predicted molar refractivity (Wildman–Crippen MR) is 71.8 cm³/mol. The molecule has 0 aromatic carbocycles. The lowest BCUT2D eigenvalue weighted by molar-refractivity contribution is 0.121. The van der Waals surface area contributed by atoms with Crippen LogP contribution in [0.5, 0.6) is 0 Å². The highest BCUT2D eigenvalue weighted by molar-refractivity contribution is 7.99. The molecule has 1 aliphatic rings. The third-order valence-electron chi connectivity index (χ3n) is 3.14. The van der Waals surface area contributed by atoms with Gasteiger partial charge in [-0.15, -0.1) is 10.2 Å². The molecule has 0 bridgehead atoms. The quantitative estimate of drug-likeness (QED) is 0.703. The van der Waals surface area contributed by atoms with Crippen molar-refractivity contribution in [3.63, 3.8) is 0 Å². The SMILES string of the molecule is Cc1nnc(SCC(O)CN2CCNCC2)n1C. The molecule has 0 spiro atoms. The van der Waals surface area contributed by atoms with Crippen LogP contribution in [0.15, 0.2) is 5.16 Å². The van der Waals surface area contributed by atoms with Crippen LogP contribution < -0.4 is 5.32 Å². The fourth-order valence-electron chi connectivity index (χ4n) is 1.93. The van der Waals surface area contributed by atoms with Gasteiger partial charge in [-0.2, -0.15) is 0 Å². The Labute approximate surface area is 112 Å². The molecule has 2 N–H and O–H groups in total. The van der Waals surface area contributed by atoms with Gasteiger partial charge in [-0.25, -0.2) is 0 Å². The third kappa shape index (κ3) is 3.68. The number of aliphatic hydroxyl groups excluding tert-OH is 1. The first-order chi connectivity index (χ1) is 8.66. The lowest BCUT2D eigenvalue weighted by atomic mass is 10.3. The van der Waals surface area contributed by atoms with Crippen molar-refractivity contribution in [3.05, 3.63) is 5.82 Å². The molecule has 1 saturated heterocycles. The van der Waals surface area contributed by atoms with E-state index in [0.717, 1.165) is 43.7 Å². The normalized spacial score (nSPS) is 19.1. The van der Waals surface area contributed by atoms with Crippen molar-refractivity contribution >= 4 is 11.8 Å². The van der Waals surface area contributed by atoms with Gasteiger partial charge in [0.2, 0.25) is 0 Å². The van der Waals surface area contributed by atoms with E-state index in [2.05, 4.69) is 20.4 Å². The predicted octanol–water partition coefficient (Wildman–Crippen LogP) is -0.518. The second kappa shape index (κ2) is 6.51. The summed E-state index contributed by atoms with van der Waals surface area (Å²) in [6, 6.07) is 0. The molecular formula is C11H21N5OS. The zero-order valence-electron chi connectivity index (χ0n) is 11.0. The fourth-order valence-corrected chi connectivity index (χ4v) is 2.80. The summed E-state index contributed by atoms with van der Waals surface area (Å²) in [5.41, 5.74) is 0. The summed E-state index contributed by atoms with van der Waals surface area (Å²) in [6.45, 7) is 6.74. The van der Waals surface area contributed by atoms with Gasteiger partial charge in [0.25, 0.3) is 0 Å². The van der Waals surface area contributed by atoms with Crippen LogP contribution in [0.25, 0.3) is 0 Å². The second-order valence-corrected chi connectivity index (χ2v) is 5.59. The minimum absolute atomic E-state index is 0.315. The Kier molecular flexibility index (Phi) is 4.99. The molecular weight excluding hydrogens is 250 g/mol. The van der Waals surface area contributed by atoms with Crippen molar-refractivity contribution in [2.45, 2.75) is 18.2 Å². The number of hydrogen-bond donors (Lipinski definition) is 2. The maximum atomic E-state index is 10.0. The average molecular weight is 271 g/mol. The van der Waals surface area contributed by atoms with Crippen molar-refractivity contribution in [3.8, 4) is 0 Å². The van der Waals surface area contributed by atoms with E-state index in [9.17, 15) is 5.11 Å². The highest BCUT2D eigenvalue weighted by atomic mass is 32.2. The van der Waals surface area contributed by atoms with Gasteiger partial charge < -0.3 is 15.0 Å². The number of nitrogens with one attached hydrogen (secondary N) is 1. The lowest BCUT2D eigenvalue weighted by Crippen LogP contribution is -2.46. The molecule has 18 heavy (non-hydrogen) atoms. The Bertz CT molecular complexity index is 378. The lowest BCUT2D eigenvalue weighted by Gasteiger charge is -2.28. The number of aryl methyl sites for hydroxylation is 1. The van der Waals surface area contributed by atoms with Gasteiger partial charge in [-0.05, 0) is 6.92 Å². The molecule has 1 aliphatic heterocycles. The van der Waals surface area contributed by atoms with Crippen LogP contribution in [0.4, 0.5) is 0 Å². The summed E-state index contributed by atoms with van der Waals surface area (Å²) in [5, 5.41) is 22.3. The molecule has 2 rings (SSSR count). The Hall–Kier alpha value is -0.630. The van der Waals surface area contributed by atoms with Crippen LogP contribution in [0.3, 0.4) is 0 Å². The Morgan fingerprint density at radius 1 is 1.39 bits per heavy atom. The first-order valence-electron chi connectivity index (χ1n) is 6.26. The molecule has 1 unspecified atom stereocenters. The molecule has 102 valence electrons. The van der Waals surface area contributed by atoms with Gasteiger partial charge in [0.05, 0.1) is 6.10 Å². The topological polar surface area (TPSA) is 66.2 Å². The first-order valence-corrected chi connectivity index (χ1v) is 7.25. The molecule has 6 nitrogen and oxygen atoms in total. The number of thioether (sulfide) groups is 1. The summed E-state index contributed by atoms with van der Waals surface area (Å²) in [7, 11) is 1.94. The van der Waals surface area contributed by atoms with Crippen LogP contribution >= 0.6 is 11.8 Å². The molecule has 0 radical (unpaired) electrons. The summed E-state index contributed by atoms with van der Waals surface area (Å²) in [5.74, 6) is 1.56. The van der Waals surface area contributed by atoms with E-state index in [4.69, 9.17) is 0 Å². The van der Waals surface area contributed by atoms with Crippen molar-refractivity contribution in [2.24, 2.45) is 7.05 Å². The highest BCUT2D eigenvalue weighted by Gasteiger charge is 2.15. The molecule has 2 heterocycles. The number of nitrogens with zero attached hydrogens (tertiary/aromatic N) is 4. The Balaban J connectivity index is 1.74. The summed E-state index contributed by atoms with van der Waals surface area (Å²) in [6.07, 6.45) is -0.315. The number of hydrogen-bond acceptors (Lipinski definition) is 6. The van der Waals surface area contributed by atoms with E-state index in [-0.39, 0.29) is 6.10 Å². The largest absolute Gasteiger partial charge is 0.391 e. The maximum absolute atomic E-state index is 10.0. The van der Waals surface area contributed by atoms with Gasteiger partial charge >= 0.3 is 0 Å². The van der Waals surface area contributed by atoms with Crippen LogP contribution in [0, 0.1) is 6.92 Å². The zero-order chi connectivity index (χ0) is 13.0. The van der Waals surface area contributed by atoms with Gasteiger partial charge in [-0.1, -0.05) is 11.8 Å². The van der Waals surface area contributed by atoms with E-state index >= 15 is 0 Å². The minimum Gasteiger partial charge on any atom is -0.391 e. The highest BCUT2D eigenvalue weighted by Crippen LogP contribution is 2.16.